The molecule has 5 nitrogen and oxygen atoms in total. The summed E-state index contributed by atoms with van der Waals surface area (Å²) < 4.78 is 77.2. The van der Waals surface area contributed by atoms with Crippen LogP contribution < -0.4 is 5.32 Å². The Morgan fingerprint density at radius 3 is 2.36 bits per heavy atom. The second-order valence-electron chi connectivity index (χ2n) is 6.53. The van der Waals surface area contributed by atoms with E-state index >= 15 is 0 Å². The van der Waals surface area contributed by atoms with Gasteiger partial charge in [0, 0.05) is 44.3 Å². The molecule has 1 N–H and O–H groups in total. The molecule has 3 rings (SSSR count). The quantitative estimate of drug-likeness (QED) is 0.743. The molecule has 0 spiro atoms. The van der Waals surface area contributed by atoms with Gasteiger partial charge in [0.1, 0.15) is 5.52 Å². The molecule has 2 aromatic heterocycles. The van der Waals surface area contributed by atoms with Crippen LogP contribution >= 0.6 is 12.4 Å². The number of likely N-dealkylation sites (tertiary alicyclic amines) is 1. The molecule has 1 aliphatic rings. The molecule has 2 aromatic rings. The van der Waals surface area contributed by atoms with Crippen LogP contribution in [0.25, 0.3) is 11.2 Å². The summed E-state index contributed by atoms with van der Waals surface area (Å²) in [4.78, 5) is 13.4. The molecular weight excluding hydrogens is 412 g/mol. The fourth-order valence-electron chi connectivity index (χ4n) is 3.21. The number of alkyl halides is 6. The van der Waals surface area contributed by atoms with Crippen molar-refractivity contribution in [2.75, 3.05) is 25.0 Å². The van der Waals surface area contributed by atoms with Gasteiger partial charge in [-0.15, -0.1) is 12.4 Å². The lowest BCUT2D eigenvalue weighted by Crippen LogP contribution is -2.50. The highest BCUT2D eigenvalue weighted by molar-refractivity contribution is 5.85. The first kappa shape index (κ1) is 22.4. The maximum atomic E-state index is 13.2. The molecule has 0 saturated carbocycles. The highest BCUT2D eigenvalue weighted by atomic mass is 35.5. The van der Waals surface area contributed by atoms with Crippen molar-refractivity contribution < 1.29 is 26.3 Å². The summed E-state index contributed by atoms with van der Waals surface area (Å²) in [5, 5.41) is 2.99. The van der Waals surface area contributed by atoms with Gasteiger partial charge >= 0.3 is 12.4 Å². The first-order valence-corrected chi connectivity index (χ1v) is 8.30. The highest BCUT2D eigenvalue weighted by Gasteiger charge is 2.45. The number of pyridine rings is 1. The third-order valence-corrected chi connectivity index (χ3v) is 4.43. The summed E-state index contributed by atoms with van der Waals surface area (Å²) in [5.74, 6) is -1.70. The van der Waals surface area contributed by atoms with Crippen molar-refractivity contribution in [1.29, 1.82) is 0 Å². The van der Waals surface area contributed by atoms with Crippen molar-refractivity contribution in [3.63, 3.8) is 0 Å². The van der Waals surface area contributed by atoms with Crippen molar-refractivity contribution in [1.82, 2.24) is 19.9 Å². The molecule has 0 bridgehead atoms. The van der Waals surface area contributed by atoms with Gasteiger partial charge < -0.3 is 10.2 Å². The third-order valence-electron chi connectivity index (χ3n) is 4.43. The van der Waals surface area contributed by atoms with Crippen LogP contribution in [0.1, 0.15) is 12.8 Å². The zero-order chi connectivity index (χ0) is 19.7. The van der Waals surface area contributed by atoms with Crippen LogP contribution in [0.2, 0.25) is 0 Å². The van der Waals surface area contributed by atoms with Crippen LogP contribution in [0.15, 0.2) is 24.7 Å². The van der Waals surface area contributed by atoms with E-state index in [9.17, 15) is 26.3 Å². The summed E-state index contributed by atoms with van der Waals surface area (Å²) in [6, 6.07) is 0.889. The van der Waals surface area contributed by atoms with Crippen LogP contribution in [-0.4, -0.2) is 57.9 Å². The van der Waals surface area contributed by atoms with E-state index in [4.69, 9.17) is 0 Å². The van der Waals surface area contributed by atoms with E-state index in [-0.39, 0.29) is 25.4 Å². The predicted octanol–water partition coefficient (Wildman–Crippen LogP) is 4.06. The topological polar surface area (TPSA) is 53.9 Å². The summed E-state index contributed by atoms with van der Waals surface area (Å²) in [5.41, 5.74) is 1.19. The minimum Gasteiger partial charge on any atom is -0.379 e. The Morgan fingerprint density at radius 1 is 1.00 bits per heavy atom. The summed E-state index contributed by atoms with van der Waals surface area (Å²) in [6.07, 6.45) is -5.93. The molecule has 0 aromatic carbocycles. The fraction of sp³-hybridized carbons (Fsp3) is 0.562. The molecule has 1 aliphatic heterocycles. The van der Waals surface area contributed by atoms with Crippen LogP contribution in [0.3, 0.4) is 0 Å². The lowest BCUT2D eigenvalue weighted by atomic mass is 9.93. The van der Waals surface area contributed by atoms with E-state index in [1.54, 1.807) is 6.07 Å². The Labute approximate surface area is 163 Å². The van der Waals surface area contributed by atoms with E-state index in [1.165, 1.54) is 23.5 Å². The average Bonchev–Trinajstić information content (AvgIpc) is 2.59. The molecule has 0 aliphatic carbocycles. The minimum atomic E-state index is -4.48. The molecule has 1 saturated heterocycles. The van der Waals surface area contributed by atoms with Crippen LogP contribution in [0, 0.1) is 5.92 Å². The summed E-state index contributed by atoms with van der Waals surface area (Å²) in [6.45, 7) is -0.827. The van der Waals surface area contributed by atoms with Gasteiger partial charge in [-0.25, -0.2) is 15.0 Å². The lowest BCUT2D eigenvalue weighted by molar-refractivity contribution is -0.189. The van der Waals surface area contributed by atoms with Gasteiger partial charge in [-0.2, -0.15) is 26.3 Å². The molecule has 3 heterocycles. The molecule has 2 unspecified atom stereocenters. The number of anilines is 1. The van der Waals surface area contributed by atoms with Crippen molar-refractivity contribution in [2.24, 2.45) is 5.92 Å². The van der Waals surface area contributed by atoms with Crippen LogP contribution in [0.4, 0.5) is 32.0 Å². The fourth-order valence-corrected chi connectivity index (χ4v) is 3.21. The normalized spacial score (nSPS) is 21.4. The predicted molar refractivity (Wildman–Crippen MR) is 93.3 cm³/mol. The van der Waals surface area contributed by atoms with Gasteiger partial charge in [-0.05, 0) is 12.5 Å². The van der Waals surface area contributed by atoms with Crippen molar-refractivity contribution >= 4 is 29.3 Å². The first-order chi connectivity index (χ1) is 12.6. The zero-order valence-electron chi connectivity index (χ0n) is 14.5. The Kier molecular flexibility index (Phi) is 6.92. The second kappa shape index (κ2) is 8.64. The standard InChI is InChI=1S/C16H17F6N5.ClH/c17-15(18,19)2-6-27-8-10(16(20,21)22)7-11(9-27)26-12-1-3-24-14-13(12)23-4-5-25-14;/h1,3-5,10-11H,2,6-9H2,(H,24,25,26);1H. The smallest absolute Gasteiger partial charge is 0.379 e. The third kappa shape index (κ3) is 5.81. The molecule has 1 fully saturated rings. The summed E-state index contributed by atoms with van der Waals surface area (Å²) >= 11 is 0. The van der Waals surface area contributed by atoms with Crippen molar-refractivity contribution in [3.8, 4) is 0 Å². The van der Waals surface area contributed by atoms with Gasteiger partial charge in [0.15, 0.2) is 5.65 Å². The highest BCUT2D eigenvalue weighted by Crippen LogP contribution is 2.35. The van der Waals surface area contributed by atoms with Gasteiger partial charge in [0.25, 0.3) is 0 Å². The molecule has 28 heavy (non-hydrogen) atoms. The van der Waals surface area contributed by atoms with Crippen molar-refractivity contribution in [3.05, 3.63) is 24.7 Å². The number of aromatic nitrogens is 3. The molecule has 156 valence electrons. The zero-order valence-corrected chi connectivity index (χ0v) is 15.3. The van der Waals surface area contributed by atoms with E-state index < -0.39 is 43.8 Å². The minimum absolute atomic E-state index is 0. The molecular formula is C16H18ClF6N5. The Balaban J connectivity index is 0.00000280. The Hall–Kier alpha value is -1.88. The van der Waals surface area contributed by atoms with Gasteiger partial charge in [0.05, 0.1) is 18.0 Å². The number of nitrogens with one attached hydrogen (secondary N) is 1. The monoisotopic (exact) mass is 429 g/mol. The number of halogens is 7. The van der Waals surface area contributed by atoms with Crippen molar-refractivity contribution in [2.45, 2.75) is 31.2 Å². The Morgan fingerprint density at radius 2 is 1.68 bits per heavy atom. The van der Waals surface area contributed by atoms with E-state index in [1.807, 2.05) is 0 Å². The molecule has 12 heteroatoms. The van der Waals surface area contributed by atoms with E-state index in [2.05, 4.69) is 20.3 Å². The molecule has 0 radical (unpaired) electrons. The van der Waals surface area contributed by atoms with Gasteiger partial charge in [-0.3, -0.25) is 0 Å². The summed E-state index contributed by atoms with van der Waals surface area (Å²) in [7, 11) is 0. The Bertz CT molecular complexity index is 779. The average molecular weight is 430 g/mol. The van der Waals surface area contributed by atoms with Gasteiger partial charge in [-0.1, -0.05) is 0 Å². The van der Waals surface area contributed by atoms with Crippen LogP contribution in [-0.2, 0) is 0 Å². The first-order valence-electron chi connectivity index (χ1n) is 8.30. The van der Waals surface area contributed by atoms with Gasteiger partial charge in [0.2, 0.25) is 0 Å². The largest absolute Gasteiger partial charge is 0.393 e. The lowest BCUT2D eigenvalue weighted by Gasteiger charge is -2.39. The number of rotatable bonds is 4. The van der Waals surface area contributed by atoms with E-state index in [0.717, 1.165) is 0 Å². The maximum absolute atomic E-state index is 13.2. The molecule has 0 amide bonds. The number of hydrogen-bond acceptors (Lipinski definition) is 5. The van der Waals surface area contributed by atoms with E-state index in [0.29, 0.717) is 16.9 Å². The second-order valence-corrected chi connectivity index (χ2v) is 6.53. The number of piperidine rings is 1. The molecule has 2 atom stereocenters. The number of nitrogens with zero attached hydrogens (tertiary/aromatic N) is 4. The maximum Gasteiger partial charge on any atom is 0.393 e. The number of fused-ring (bicyclic) bond motifs is 1. The number of hydrogen-bond donors (Lipinski definition) is 1. The SMILES string of the molecule is Cl.FC(F)(F)CCN1CC(Nc2ccnc3nccnc23)CC(C(F)(F)F)C1. The van der Waals surface area contributed by atoms with Crippen LogP contribution in [0.5, 0.6) is 0 Å².